The Labute approximate surface area is 116 Å². The Morgan fingerprint density at radius 1 is 1.28 bits per heavy atom. The van der Waals surface area contributed by atoms with E-state index >= 15 is 0 Å². The predicted octanol–water partition coefficient (Wildman–Crippen LogP) is 3.58. The number of thiophene rings is 1. The van der Waals surface area contributed by atoms with Gasteiger partial charge in [-0.2, -0.15) is 0 Å². The van der Waals surface area contributed by atoms with Gasteiger partial charge in [0, 0.05) is 20.2 Å². The standard InChI is InChI=1S/C14H15NOS2/c1-9-3-5-11(17)7-13(9)14(16)15-8-12-6-4-10(2)18-12/h3-7,17H,8H2,1-2H3,(H,15,16). The fourth-order valence-corrected chi connectivity index (χ4v) is 2.73. The van der Waals surface area contributed by atoms with Crippen LogP contribution in [0, 0.1) is 13.8 Å². The molecule has 2 aromatic rings. The molecule has 0 saturated carbocycles. The highest BCUT2D eigenvalue weighted by atomic mass is 32.1. The van der Waals surface area contributed by atoms with Crippen molar-refractivity contribution in [3.8, 4) is 0 Å². The Balaban J connectivity index is 2.05. The summed E-state index contributed by atoms with van der Waals surface area (Å²) in [6.45, 7) is 4.56. The molecule has 18 heavy (non-hydrogen) atoms. The zero-order valence-corrected chi connectivity index (χ0v) is 12.1. The molecule has 4 heteroatoms. The molecule has 0 aliphatic carbocycles. The molecule has 0 aliphatic heterocycles. The molecule has 1 heterocycles. The van der Waals surface area contributed by atoms with Gasteiger partial charge in [-0.3, -0.25) is 4.79 Å². The maximum Gasteiger partial charge on any atom is 0.251 e. The third kappa shape index (κ3) is 3.15. The van der Waals surface area contributed by atoms with Crippen molar-refractivity contribution < 1.29 is 4.79 Å². The number of hydrogen-bond acceptors (Lipinski definition) is 3. The molecule has 0 saturated heterocycles. The molecule has 0 aliphatic rings. The monoisotopic (exact) mass is 277 g/mol. The minimum atomic E-state index is -0.0468. The van der Waals surface area contributed by atoms with Crippen LogP contribution in [-0.2, 0) is 6.54 Å². The Hall–Kier alpha value is -1.26. The normalized spacial score (nSPS) is 10.4. The molecule has 0 radical (unpaired) electrons. The van der Waals surface area contributed by atoms with Gasteiger partial charge in [-0.05, 0) is 43.7 Å². The van der Waals surface area contributed by atoms with Crippen molar-refractivity contribution in [2.45, 2.75) is 25.3 Å². The van der Waals surface area contributed by atoms with E-state index in [0.717, 1.165) is 10.5 Å². The second-order valence-electron chi connectivity index (χ2n) is 4.19. The number of nitrogens with one attached hydrogen (secondary N) is 1. The van der Waals surface area contributed by atoms with Crippen molar-refractivity contribution in [1.82, 2.24) is 5.32 Å². The molecule has 0 atom stereocenters. The van der Waals surface area contributed by atoms with Gasteiger partial charge in [0.2, 0.25) is 0 Å². The Morgan fingerprint density at radius 3 is 2.72 bits per heavy atom. The van der Waals surface area contributed by atoms with Crippen LogP contribution in [0.2, 0.25) is 0 Å². The SMILES string of the molecule is Cc1ccc(CNC(=O)c2cc(S)ccc2C)s1. The maximum absolute atomic E-state index is 12.1. The van der Waals surface area contributed by atoms with E-state index in [-0.39, 0.29) is 5.91 Å². The van der Waals surface area contributed by atoms with Gasteiger partial charge in [0.05, 0.1) is 6.54 Å². The number of aryl methyl sites for hydroxylation is 2. The van der Waals surface area contributed by atoms with E-state index in [0.29, 0.717) is 12.1 Å². The lowest BCUT2D eigenvalue weighted by Gasteiger charge is -2.07. The van der Waals surface area contributed by atoms with E-state index in [1.165, 1.54) is 9.75 Å². The number of hydrogen-bond donors (Lipinski definition) is 2. The van der Waals surface area contributed by atoms with Crippen LogP contribution >= 0.6 is 24.0 Å². The average Bonchev–Trinajstić information content (AvgIpc) is 2.75. The summed E-state index contributed by atoms with van der Waals surface area (Å²) in [4.78, 5) is 15.3. The van der Waals surface area contributed by atoms with Gasteiger partial charge in [-0.1, -0.05) is 6.07 Å². The van der Waals surface area contributed by atoms with Gasteiger partial charge < -0.3 is 5.32 Å². The highest BCUT2D eigenvalue weighted by Crippen LogP contribution is 2.16. The lowest BCUT2D eigenvalue weighted by atomic mass is 10.1. The first-order valence-corrected chi connectivity index (χ1v) is 6.96. The van der Waals surface area contributed by atoms with Gasteiger partial charge in [0.15, 0.2) is 0 Å². The molecular formula is C14H15NOS2. The number of carbonyl (C=O) groups is 1. The summed E-state index contributed by atoms with van der Waals surface area (Å²) in [5, 5.41) is 2.93. The minimum Gasteiger partial charge on any atom is -0.347 e. The highest BCUT2D eigenvalue weighted by Gasteiger charge is 2.09. The molecule has 1 aromatic carbocycles. The summed E-state index contributed by atoms with van der Waals surface area (Å²) in [5.41, 5.74) is 1.66. The molecule has 94 valence electrons. The number of amides is 1. The summed E-state index contributed by atoms with van der Waals surface area (Å²) < 4.78 is 0. The van der Waals surface area contributed by atoms with Gasteiger partial charge in [-0.15, -0.1) is 24.0 Å². The van der Waals surface area contributed by atoms with Crippen molar-refractivity contribution >= 4 is 29.9 Å². The second kappa shape index (κ2) is 5.59. The number of benzene rings is 1. The lowest BCUT2D eigenvalue weighted by molar-refractivity contribution is 0.0950. The molecule has 0 unspecified atom stereocenters. The van der Waals surface area contributed by atoms with E-state index in [1.807, 2.05) is 25.1 Å². The van der Waals surface area contributed by atoms with Crippen LogP contribution in [0.1, 0.15) is 25.7 Å². The maximum atomic E-state index is 12.1. The molecule has 0 bridgehead atoms. The van der Waals surface area contributed by atoms with E-state index in [9.17, 15) is 4.79 Å². The van der Waals surface area contributed by atoms with Crippen LogP contribution in [0.15, 0.2) is 35.2 Å². The average molecular weight is 277 g/mol. The quantitative estimate of drug-likeness (QED) is 0.825. The Bertz CT molecular complexity index is 575. The molecule has 0 fully saturated rings. The van der Waals surface area contributed by atoms with E-state index in [2.05, 4.69) is 30.9 Å². The van der Waals surface area contributed by atoms with Crippen LogP contribution in [0.25, 0.3) is 0 Å². The summed E-state index contributed by atoms with van der Waals surface area (Å²) in [7, 11) is 0. The summed E-state index contributed by atoms with van der Waals surface area (Å²) in [5.74, 6) is -0.0468. The van der Waals surface area contributed by atoms with Crippen molar-refractivity contribution in [3.05, 3.63) is 51.2 Å². The van der Waals surface area contributed by atoms with Crippen LogP contribution in [0.5, 0.6) is 0 Å². The van der Waals surface area contributed by atoms with Gasteiger partial charge in [0.25, 0.3) is 5.91 Å². The molecule has 2 nitrogen and oxygen atoms in total. The van der Waals surface area contributed by atoms with E-state index in [1.54, 1.807) is 17.4 Å². The Morgan fingerprint density at radius 2 is 2.06 bits per heavy atom. The number of carbonyl (C=O) groups excluding carboxylic acids is 1. The fraction of sp³-hybridized carbons (Fsp3) is 0.214. The summed E-state index contributed by atoms with van der Waals surface area (Å²) in [6.07, 6.45) is 0. The molecule has 1 N–H and O–H groups in total. The molecule has 2 rings (SSSR count). The van der Waals surface area contributed by atoms with Gasteiger partial charge >= 0.3 is 0 Å². The summed E-state index contributed by atoms with van der Waals surface area (Å²) in [6, 6.07) is 9.70. The van der Waals surface area contributed by atoms with E-state index < -0.39 is 0 Å². The fourth-order valence-electron chi connectivity index (χ4n) is 1.70. The molecule has 1 amide bonds. The highest BCUT2D eigenvalue weighted by molar-refractivity contribution is 7.80. The smallest absolute Gasteiger partial charge is 0.251 e. The predicted molar refractivity (Wildman–Crippen MR) is 78.7 cm³/mol. The summed E-state index contributed by atoms with van der Waals surface area (Å²) >= 11 is 5.96. The van der Waals surface area contributed by atoms with Crippen molar-refractivity contribution in [2.75, 3.05) is 0 Å². The first kappa shape index (κ1) is 13.2. The minimum absolute atomic E-state index is 0.0468. The lowest BCUT2D eigenvalue weighted by Crippen LogP contribution is -2.23. The van der Waals surface area contributed by atoms with Gasteiger partial charge in [0.1, 0.15) is 0 Å². The first-order chi connectivity index (χ1) is 8.56. The molecular weight excluding hydrogens is 262 g/mol. The zero-order valence-electron chi connectivity index (χ0n) is 10.4. The second-order valence-corrected chi connectivity index (χ2v) is 6.08. The van der Waals surface area contributed by atoms with Crippen LogP contribution in [-0.4, -0.2) is 5.91 Å². The van der Waals surface area contributed by atoms with E-state index in [4.69, 9.17) is 0 Å². The Kier molecular flexibility index (Phi) is 4.09. The van der Waals surface area contributed by atoms with Crippen LogP contribution in [0.4, 0.5) is 0 Å². The van der Waals surface area contributed by atoms with Crippen LogP contribution < -0.4 is 5.32 Å². The van der Waals surface area contributed by atoms with Crippen molar-refractivity contribution in [3.63, 3.8) is 0 Å². The van der Waals surface area contributed by atoms with Gasteiger partial charge in [-0.25, -0.2) is 0 Å². The van der Waals surface area contributed by atoms with Crippen molar-refractivity contribution in [1.29, 1.82) is 0 Å². The number of thiol groups is 1. The number of rotatable bonds is 3. The molecule has 1 aromatic heterocycles. The zero-order chi connectivity index (χ0) is 13.1. The first-order valence-electron chi connectivity index (χ1n) is 5.69. The third-order valence-electron chi connectivity index (χ3n) is 2.68. The topological polar surface area (TPSA) is 29.1 Å². The molecule has 0 spiro atoms. The largest absolute Gasteiger partial charge is 0.347 e. The van der Waals surface area contributed by atoms with Crippen molar-refractivity contribution in [2.24, 2.45) is 0 Å². The van der Waals surface area contributed by atoms with Crippen LogP contribution in [0.3, 0.4) is 0 Å². The third-order valence-corrected chi connectivity index (χ3v) is 3.96.